The summed E-state index contributed by atoms with van der Waals surface area (Å²) in [5.74, 6) is 0. The molecular formula is C11H9N4+. The lowest BCUT2D eigenvalue weighted by Gasteiger charge is -2.02. The lowest BCUT2D eigenvalue weighted by molar-refractivity contribution is -0.377. The van der Waals surface area contributed by atoms with E-state index in [0.29, 0.717) is 5.69 Å². The van der Waals surface area contributed by atoms with Crippen LogP contribution >= 0.6 is 0 Å². The number of azide groups is 1. The molecule has 2 rings (SSSR count). The number of H-pyrrole nitrogens is 1. The summed E-state index contributed by atoms with van der Waals surface area (Å²) in [6.45, 7) is 0. The normalized spacial score (nSPS) is 9.33. The third kappa shape index (κ3) is 1.95. The highest BCUT2D eigenvalue weighted by atomic mass is 15.1. The van der Waals surface area contributed by atoms with Crippen LogP contribution in [0.25, 0.3) is 21.6 Å². The molecular weight excluding hydrogens is 188 g/mol. The lowest BCUT2D eigenvalue weighted by Crippen LogP contribution is -1.96. The van der Waals surface area contributed by atoms with E-state index in [9.17, 15) is 0 Å². The van der Waals surface area contributed by atoms with E-state index < -0.39 is 0 Å². The minimum atomic E-state index is 0.645. The van der Waals surface area contributed by atoms with E-state index in [1.807, 2.05) is 42.7 Å². The molecule has 1 N–H and O–H groups in total. The molecule has 0 bridgehead atoms. The van der Waals surface area contributed by atoms with Crippen LogP contribution in [0.1, 0.15) is 0 Å². The second-order valence-electron chi connectivity index (χ2n) is 3.00. The Balaban J connectivity index is 2.58. The van der Waals surface area contributed by atoms with Crippen LogP contribution in [-0.4, -0.2) is 0 Å². The topological polar surface area (TPSA) is 62.9 Å². The van der Waals surface area contributed by atoms with Gasteiger partial charge in [-0.3, -0.25) is 0 Å². The number of aromatic amines is 1. The van der Waals surface area contributed by atoms with E-state index in [1.165, 1.54) is 0 Å². The van der Waals surface area contributed by atoms with Crippen molar-refractivity contribution >= 4 is 5.69 Å². The first kappa shape index (κ1) is 9.24. The van der Waals surface area contributed by atoms with Gasteiger partial charge >= 0.3 is 0 Å². The molecule has 0 radical (unpaired) electrons. The van der Waals surface area contributed by atoms with Crippen LogP contribution in [-0.2, 0) is 0 Å². The molecule has 1 aromatic carbocycles. The number of hydrogen-bond acceptors (Lipinski definition) is 1. The molecule has 0 atom stereocenters. The van der Waals surface area contributed by atoms with Crippen molar-refractivity contribution in [2.24, 2.45) is 5.11 Å². The van der Waals surface area contributed by atoms with Crippen LogP contribution in [0.3, 0.4) is 0 Å². The Hall–Kier alpha value is -2.32. The average Bonchev–Trinajstić information content (AvgIpc) is 2.31. The van der Waals surface area contributed by atoms with E-state index >= 15 is 0 Å². The molecule has 4 nitrogen and oxygen atoms in total. The van der Waals surface area contributed by atoms with Crippen molar-refractivity contribution in [2.75, 3.05) is 0 Å². The fraction of sp³-hybridized carbons (Fsp3) is 0. The summed E-state index contributed by atoms with van der Waals surface area (Å²) < 4.78 is 0. The zero-order chi connectivity index (χ0) is 10.5. The van der Waals surface area contributed by atoms with Crippen LogP contribution in [0.2, 0.25) is 0 Å². The first-order valence-electron chi connectivity index (χ1n) is 4.52. The predicted molar refractivity (Wildman–Crippen MR) is 57.2 cm³/mol. The maximum atomic E-state index is 8.44. The van der Waals surface area contributed by atoms with Gasteiger partial charge in [0.25, 0.3) is 0 Å². The summed E-state index contributed by atoms with van der Waals surface area (Å²) in [4.78, 5) is 5.76. The molecule has 2 aromatic rings. The van der Waals surface area contributed by atoms with Gasteiger partial charge in [0.2, 0.25) is 0 Å². The molecule has 0 aliphatic carbocycles. The molecule has 0 saturated carbocycles. The number of nitrogens with one attached hydrogen (secondary N) is 1. The van der Waals surface area contributed by atoms with E-state index in [2.05, 4.69) is 15.0 Å². The Morgan fingerprint density at radius 1 is 1.07 bits per heavy atom. The van der Waals surface area contributed by atoms with Gasteiger partial charge in [0.15, 0.2) is 12.4 Å². The molecule has 1 aromatic heterocycles. The summed E-state index contributed by atoms with van der Waals surface area (Å²) in [5, 5.41) is 3.65. The molecule has 15 heavy (non-hydrogen) atoms. The Kier molecular flexibility index (Phi) is 2.63. The van der Waals surface area contributed by atoms with E-state index in [0.717, 1.165) is 11.1 Å². The van der Waals surface area contributed by atoms with Gasteiger partial charge in [0, 0.05) is 22.7 Å². The van der Waals surface area contributed by atoms with Crippen molar-refractivity contribution in [3.05, 3.63) is 59.2 Å². The van der Waals surface area contributed by atoms with Crippen LogP contribution in [0.5, 0.6) is 0 Å². The molecule has 0 spiro atoms. The molecule has 72 valence electrons. The van der Waals surface area contributed by atoms with Crippen LogP contribution in [0.4, 0.5) is 5.69 Å². The van der Waals surface area contributed by atoms with Crippen molar-refractivity contribution < 1.29 is 4.98 Å². The largest absolute Gasteiger partial charge is 0.218 e. The van der Waals surface area contributed by atoms with Crippen molar-refractivity contribution in [3.63, 3.8) is 0 Å². The molecule has 0 fully saturated rings. The minimum Gasteiger partial charge on any atom is -0.218 e. The highest BCUT2D eigenvalue weighted by Gasteiger charge is 2.02. The quantitative estimate of drug-likeness (QED) is 0.403. The van der Waals surface area contributed by atoms with Gasteiger partial charge in [-0.15, -0.1) is 0 Å². The Morgan fingerprint density at radius 3 is 2.53 bits per heavy atom. The van der Waals surface area contributed by atoms with Crippen molar-refractivity contribution in [1.29, 1.82) is 0 Å². The van der Waals surface area contributed by atoms with Gasteiger partial charge in [-0.25, -0.2) is 4.98 Å². The first-order valence-corrected chi connectivity index (χ1v) is 4.52. The van der Waals surface area contributed by atoms with Crippen LogP contribution in [0.15, 0.2) is 53.9 Å². The van der Waals surface area contributed by atoms with Gasteiger partial charge in [0.1, 0.15) is 0 Å². The number of nitrogens with zero attached hydrogens (tertiary/aromatic N) is 3. The number of pyridine rings is 1. The zero-order valence-corrected chi connectivity index (χ0v) is 7.96. The first-order chi connectivity index (χ1) is 7.42. The second kappa shape index (κ2) is 4.26. The minimum absolute atomic E-state index is 0.645. The van der Waals surface area contributed by atoms with E-state index in [-0.39, 0.29) is 0 Å². The number of hydrogen-bond donors (Lipinski definition) is 0. The Labute approximate surface area is 86.8 Å². The summed E-state index contributed by atoms with van der Waals surface area (Å²) >= 11 is 0. The van der Waals surface area contributed by atoms with Gasteiger partial charge in [-0.2, -0.15) is 0 Å². The summed E-state index contributed by atoms with van der Waals surface area (Å²) in [6.07, 6.45) is 3.67. The highest BCUT2D eigenvalue weighted by molar-refractivity contribution is 5.75. The molecule has 0 aliphatic rings. The van der Waals surface area contributed by atoms with E-state index in [1.54, 1.807) is 6.07 Å². The van der Waals surface area contributed by atoms with E-state index in [4.69, 9.17) is 5.53 Å². The monoisotopic (exact) mass is 197 g/mol. The molecule has 1 heterocycles. The van der Waals surface area contributed by atoms with Gasteiger partial charge in [0.05, 0.1) is 0 Å². The molecule has 4 heteroatoms. The second-order valence-corrected chi connectivity index (χ2v) is 3.00. The SMILES string of the molecule is [N-]=[N+]=Nc1ccccc1-c1cc[nH+]cc1. The summed E-state index contributed by atoms with van der Waals surface area (Å²) in [7, 11) is 0. The number of benzene rings is 1. The third-order valence-electron chi connectivity index (χ3n) is 2.09. The molecule has 0 aliphatic heterocycles. The zero-order valence-electron chi connectivity index (χ0n) is 7.96. The van der Waals surface area contributed by atoms with Crippen molar-refractivity contribution in [2.45, 2.75) is 0 Å². The van der Waals surface area contributed by atoms with Gasteiger partial charge < -0.3 is 0 Å². The maximum Gasteiger partial charge on any atom is 0.167 e. The highest BCUT2D eigenvalue weighted by Crippen LogP contribution is 2.29. The third-order valence-corrected chi connectivity index (χ3v) is 2.09. The van der Waals surface area contributed by atoms with Gasteiger partial charge in [-0.05, 0) is 16.7 Å². The van der Waals surface area contributed by atoms with Crippen molar-refractivity contribution in [1.82, 2.24) is 0 Å². The summed E-state index contributed by atoms with van der Waals surface area (Å²) in [6, 6.07) is 11.4. The molecule has 0 saturated heterocycles. The molecule has 0 unspecified atom stereocenters. The summed E-state index contributed by atoms with van der Waals surface area (Å²) in [5.41, 5.74) is 11.0. The van der Waals surface area contributed by atoms with Gasteiger partial charge in [-0.1, -0.05) is 29.4 Å². The number of aromatic nitrogens is 1. The average molecular weight is 197 g/mol. The van der Waals surface area contributed by atoms with Crippen LogP contribution < -0.4 is 4.98 Å². The lowest BCUT2D eigenvalue weighted by atomic mass is 10.1. The fourth-order valence-corrected chi connectivity index (χ4v) is 1.42. The Bertz CT molecular complexity index is 501. The maximum absolute atomic E-state index is 8.44. The standard InChI is InChI=1S/C11H8N4/c12-15-14-11-4-2-1-3-10(11)9-5-7-13-8-6-9/h1-8H/p+1. The fourth-order valence-electron chi connectivity index (χ4n) is 1.42. The Morgan fingerprint density at radius 2 is 1.80 bits per heavy atom. The predicted octanol–water partition coefficient (Wildman–Crippen LogP) is 3.11. The molecule has 0 amide bonds. The number of rotatable bonds is 2. The van der Waals surface area contributed by atoms with Crippen molar-refractivity contribution in [3.8, 4) is 11.1 Å². The van der Waals surface area contributed by atoms with Crippen LogP contribution in [0, 0.1) is 0 Å². The smallest absolute Gasteiger partial charge is 0.167 e.